The Balaban J connectivity index is 1.85. The van der Waals surface area contributed by atoms with Crippen molar-refractivity contribution >= 4 is 27.5 Å². The lowest BCUT2D eigenvalue weighted by atomic mass is 10.0. The SMILES string of the molecule is CC(O)CC(C)CNC(=O)CCn1cnc2sccc2c1=O. The lowest BCUT2D eigenvalue weighted by molar-refractivity contribution is -0.121. The number of aliphatic hydroxyl groups is 1. The molecule has 2 unspecified atom stereocenters. The molecule has 2 N–H and O–H groups in total. The molecule has 0 saturated carbocycles. The smallest absolute Gasteiger partial charge is 0.262 e. The van der Waals surface area contributed by atoms with Crippen molar-refractivity contribution in [1.29, 1.82) is 0 Å². The lowest BCUT2D eigenvalue weighted by Gasteiger charge is -2.14. The van der Waals surface area contributed by atoms with Gasteiger partial charge in [-0.1, -0.05) is 6.92 Å². The van der Waals surface area contributed by atoms with Crippen molar-refractivity contribution in [2.45, 2.75) is 39.3 Å². The highest BCUT2D eigenvalue weighted by molar-refractivity contribution is 7.16. The Morgan fingerprint density at radius 1 is 1.50 bits per heavy atom. The predicted molar refractivity (Wildman–Crippen MR) is 87.0 cm³/mol. The number of fused-ring (bicyclic) bond motifs is 1. The average Bonchev–Trinajstić information content (AvgIpc) is 2.93. The fourth-order valence-corrected chi connectivity index (χ4v) is 3.04. The Morgan fingerprint density at radius 2 is 2.27 bits per heavy atom. The second-order valence-electron chi connectivity index (χ2n) is 5.63. The minimum Gasteiger partial charge on any atom is -0.393 e. The summed E-state index contributed by atoms with van der Waals surface area (Å²) in [5.41, 5.74) is -0.110. The molecule has 0 radical (unpaired) electrons. The molecule has 2 aromatic heterocycles. The van der Waals surface area contributed by atoms with E-state index in [1.165, 1.54) is 22.2 Å². The van der Waals surface area contributed by atoms with Gasteiger partial charge in [0.15, 0.2) is 0 Å². The molecule has 0 aromatic carbocycles. The number of nitrogens with one attached hydrogen (secondary N) is 1. The summed E-state index contributed by atoms with van der Waals surface area (Å²) in [6.45, 7) is 4.55. The van der Waals surface area contributed by atoms with Crippen LogP contribution in [0.4, 0.5) is 0 Å². The number of aromatic nitrogens is 2. The van der Waals surface area contributed by atoms with E-state index in [1.807, 2.05) is 12.3 Å². The van der Waals surface area contributed by atoms with Crippen LogP contribution in [0.2, 0.25) is 0 Å². The molecule has 0 bridgehead atoms. The molecule has 0 aliphatic heterocycles. The van der Waals surface area contributed by atoms with E-state index in [2.05, 4.69) is 10.3 Å². The monoisotopic (exact) mass is 323 g/mol. The van der Waals surface area contributed by atoms with Gasteiger partial charge in [0, 0.05) is 19.5 Å². The number of thiophene rings is 1. The van der Waals surface area contributed by atoms with Crippen LogP contribution in [-0.4, -0.2) is 33.2 Å². The van der Waals surface area contributed by atoms with Crippen molar-refractivity contribution in [2.75, 3.05) is 6.54 Å². The van der Waals surface area contributed by atoms with E-state index in [1.54, 1.807) is 13.0 Å². The molecule has 6 nitrogen and oxygen atoms in total. The summed E-state index contributed by atoms with van der Waals surface area (Å²) in [7, 11) is 0. The van der Waals surface area contributed by atoms with Gasteiger partial charge in [-0.2, -0.15) is 0 Å². The standard InChI is InChI=1S/C15H21N3O3S/c1-10(7-11(2)19)8-16-13(20)3-5-18-9-17-14-12(15(18)21)4-6-22-14/h4,6,9-11,19H,3,5,7-8H2,1-2H3,(H,16,20). The Hall–Kier alpha value is -1.73. The van der Waals surface area contributed by atoms with Crippen molar-refractivity contribution < 1.29 is 9.90 Å². The number of carbonyl (C=O) groups is 1. The van der Waals surface area contributed by atoms with Crippen LogP contribution in [0.15, 0.2) is 22.6 Å². The Bertz CT molecular complexity index is 693. The molecule has 1 amide bonds. The quantitative estimate of drug-likeness (QED) is 0.806. The molecule has 2 rings (SSSR count). The highest BCUT2D eigenvalue weighted by atomic mass is 32.1. The van der Waals surface area contributed by atoms with E-state index in [4.69, 9.17) is 0 Å². The second kappa shape index (κ2) is 7.51. The summed E-state index contributed by atoms with van der Waals surface area (Å²) >= 11 is 1.43. The molecule has 0 fully saturated rings. The van der Waals surface area contributed by atoms with Crippen LogP contribution in [-0.2, 0) is 11.3 Å². The molecule has 2 atom stereocenters. The molecule has 22 heavy (non-hydrogen) atoms. The summed E-state index contributed by atoms with van der Waals surface area (Å²) in [4.78, 5) is 28.9. The molecular formula is C15H21N3O3S. The third-order valence-corrected chi connectivity index (χ3v) is 4.24. The normalized spacial score (nSPS) is 14.0. The summed E-state index contributed by atoms with van der Waals surface area (Å²) in [5, 5.41) is 14.5. The first-order valence-electron chi connectivity index (χ1n) is 7.34. The third kappa shape index (κ3) is 4.38. The Labute approximate surface area is 132 Å². The van der Waals surface area contributed by atoms with Crippen LogP contribution >= 0.6 is 11.3 Å². The highest BCUT2D eigenvalue weighted by Crippen LogP contribution is 2.13. The number of aliphatic hydroxyl groups excluding tert-OH is 1. The van der Waals surface area contributed by atoms with Crippen LogP contribution in [0.25, 0.3) is 10.2 Å². The number of amides is 1. The number of hydrogen-bond donors (Lipinski definition) is 2. The molecule has 2 heterocycles. The van der Waals surface area contributed by atoms with E-state index >= 15 is 0 Å². The van der Waals surface area contributed by atoms with Gasteiger partial charge in [-0.25, -0.2) is 4.98 Å². The molecular weight excluding hydrogens is 302 g/mol. The number of rotatable bonds is 7. The molecule has 2 aromatic rings. The van der Waals surface area contributed by atoms with Crippen molar-refractivity contribution in [3.8, 4) is 0 Å². The maximum absolute atomic E-state index is 12.2. The molecule has 0 saturated heterocycles. The minimum absolute atomic E-state index is 0.102. The zero-order valence-electron chi connectivity index (χ0n) is 12.8. The van der Waals surface area contributed by atoms with Crippen molar-refractivity contribution in [3.05, 3.63) is 28.1 Å². The fourth-order valence-electron chi connectivity index (χ4n) is 2.32. The van der Waals surface area contributed by atoms with Crippen molar-refractivity contribution in [3.63, 3.8) is 0 Å². The lowest BCUT2D eigenvalue weighted by Crippen LogP contribution is -2.31. The highest BCUT2D eigenvalue weighted by Gasteiger charge is 2.10. The van der Waals surface area contributed by atoms with E-state index in [-0.39, 0.29) is 29.9 Å². The average molecular weight is 323 g/mol. The number of aryl methyl sites for hydroxylation is 1. The van der Waals surface area contributed by atoms with E-state index in [9.17, 15) is 14.7 Å². The van der Waals surface area contributed by atoms with E-state index in [0.717, 1.165) is 4.83 Å². The molecule has 0 spiro atoms. The Kier molecular flexibility index (Phi) is 5.68. The van der Waals surface area contributed by atoms with Gasteiger partial charge in [0.05, 0.1) is 17.8 Å². The maximum atomic E-state index is 12.2. The first-order valence-corrected chi connectivity index (χ1v) is 8.22. The maximum Gasteiger partial charge on any atom is 0.262 e. The Morgan fingerprint density at radius 3 is 3.00 bits per heavy atom. The zero-order valence-corrected chi connectivity index (χ0v) is 13.6. The van der Waals surface area contributed by atoms with E-state index < -0.39 is 0 Å². The molecule has 0 aliphatic carbocycles. The number of hydrogen-bond acceptors (Lipinski definition) is 5. The third-order valence-electron chi connectivity index (χ3n) is 3.42. The van der Waals surface area contributed by atoms with Gasteiger partial charge in [0.1, 0.15) is 4.83 Å². The fraction of sp³-hybridized carbons (Fsp3) is 0.533. The van der Waals surface area contributed by atoms with Gasteiger partial charge in [-0.3, -0.25) is 14.2 Å². The van der Waals surface area contributed by atoms with Gasteiger partial charge in [-0.15, -0.1) is 11.3 Å². The second-order valence-corrected chi connectivity index (χ2v) is 6.52. The van der Waals surface area contributed by atoms with E-state index in [0.29, 0.717) is 24.9 Å². The number of carbonyl (C=O) groups excluding carboxylic acids is 1. The molecule has 120 valence electrons. The van der Waals surface area contributed by atoms with Crippen molar-refractivity contribution in [2.24, 2.45) is 5.92 Å². The first-order chi connectivity index (χ1) is 10.5. The summed E-state index contributed by atoms with van der Waals surface area (Å²) in [6, 6.07) is 1.75. The van der Waals surface area contributed by atoms with Gasteiger partial charge in [0.2, 0.25) is 5.91 Å². The van der Waals surface area contributed by atoms with Gasteiger partial charge < -0.3 is 10.4 Å². The summed E-state index contributed by atoms with van der Waals surface area (Å²) < 4.78 is 1.47. The molecule has 7 heteroatoms. The van der Waals surface area contributed by atoms with Gasteiger partial charge >= 0.3 is 0 Å². The van der Waals surface area contributed by atoms with Gasteiger partial charge in [-0.05, 0) is 30.7 Å². The van der Waals surface area contributed by atoms with Crippen LogP contribution in [0, 0.1) is 5.92 Å². The largest absolute Gasteiger partial charge is 0.393 e. The molecule has 0 aliphatic rings. The minimum atomic E-state index is -0.367. The zero-order chi connectivity index (χ0) is 16.1. The first kappa shape index (κ1) is 16.6. The van der Waals surface area contributed by atoms with Crippen molar-refractivity contribution in [1.82, 2.24) is 14.9 Å². The van der Waals surface area contributed by atoms with Crippen LogP contribution < -0.4 is 10.9 Å². The summed E-state index contributed by atoms with van der Waals surface area (Å²) in [6.07, 6.45) is 2.01. The van der Waals surface area contributed by atoms with Crippen LogP contribution in [0.1, 0.15) is 26.7 Å². The van der Waals surface area contributed by atoms with Crippen LogP contribution in [0.3, 0.4) is 0 Å². The number of nitrogens with zero attached hydrogens (tertiary/aromatic N) is 2. The topological polar surface area (TPSA) is 84.2 Å². The van der Waals surface area contributed by atoms with Crippen LogP contribution in [0.5, 0.6) is 0 Å². The summed E-state index contributed by atoms with van der Waals surface area (Å²) in [5.74, 6) is 0.116. The predicted octanol–water partition coefficient (Wildman–Crippen LogP) is 1.37. The van der Waals surface area contributed by atoms with Gasteiger partial charge in [0.25, 0.3) is 5.56 Å².